The molecule has 140 valence electrons. The van der Waals surface area contributed by atoms with E-state index in [1.54, 1.807) is 0 Å². The number of likely N-dealkylation sites (N-methyl/N-ethyl adjacent to an activating group) is 1. The quantitative estimate of drug-likeness (QED) is 0.836. The molecule has 2 aromatic rings. The van der Waals surface area contributed by atoms with Gasteiger partial charge in [-0.1, -0.05) is 20.3 Å². The monoisotopic (exact) mass is 355 g/mol. The van der Waals surface area contributed by atoms with Gasteiger partial charge in [0.25, 0.3) is 5.91 Å². The molecule has 1 aromatic carbocycles. The van der Waals surface area contributed by atoms with Gasteiger partial charge in [-0.15, -0.1) is 0 Å². The molecule has 1 aliphatic heterocycles. The minimum atomic E-state index is -0.170. The van der Waals surface area contributed by atoms with E-state index >= 15 is 0 Å². The van der Waals surface area contributed by atoms with Crippen LogP contribution in [0.2, 0.25) is 0 Å². The van der Waals surface area contributed by atoms with Crippen molar-refractivity contribution < 1.29 is 4.79 Å². The van der Waals surface area contributed by atoms with Crippen LogP contribution >= 0.6 is 0 Å². The summed E-state index contributed by atoms with van der Waals surface area (Å²) in [6, 6.07) is 8.08. The molecule has 0 radical (unpaired) electrons. The maximum absolute atomic E-state index is 12.4. The molecular weight excluding hydrogens is 326 g/mol. The van der Waals surface area contributed by atoms with Crippen LogP contribution in [0.3, 0.4) is 0 Å². The average molecular weight is 355 g/mol. The van der Waals surface area contributed by atoms with Crippen molar-refractivity contribution in [3.05, 3.63) is 41.2 Å². The fourth-order valence-corrected chi connectivity index (χ4v) is 3.37. The van der Waals surface area contributed by atoms with Crippen molar-refractivity contribution in [2.75, 3.05) is 42.9 Å². The zero-order valence-electron chi connectivity index (χ0n) is 16.0. The third-order valence-electron chi connectivity index (χ3n) is 5.03. The second-order valence-corrected chi connectivity index (χ2v) is 6.90. The minimum absolute atomic E-state index is 0.170. The van der Waals surface area contributed by atoms with E-state index < -0.39 is 0 Å². The molecular formula is C20H29N5O. The summed E-state index contributed by atoms with van der Waals surface area (Å²) in [5.74, 6) is -0.170. The number of anilines is 2. The lowest BCUT2D eigenvalue weighted by Crippen LogP contribution is -2.46. The van der Waals surface area contributed by atoms with Crippen molar-refractivity contribution in [2.45, 2.75) is 33.6 Å². The summed E-state index contributed by atoms with van der Waals surface area (Å²) >= 11 is 0. The first-order valence-electron chi connectivity index (χ1n) is 9.54. The molecule has 1 aliphatic rings. The fraction of sp³-hybridized carbons (Fsp3) is 0.500. The molecule has 0 saturated carbocycles. The number of carbonyl (C=O) groups is 1. The highest BCUT2D eigenvalue weighted by Gasteiger charge is 2.17. The molecule has 1 aromatic heterocycles. The number of hydrogen-bond acceptors (Lipinski definition) is 4. The van der Waals surface area contributed by atoms with E-state index in [9.17, 15) is 4.79 Å². The fourth-order valence-electron chi connectivity index (χ4n) is 3.37. The normalized spacial score (nSPS) is 15.3. The topological polar surface area (TPSA) is 64.3 Å². The Kier molecular flexibility index (Phi) is 5.93. The Bertz CT molecular complexity index is 746. The second kappa shape index (κ2) is 8.36. The minimum Gasteiger partial charge on any atom is -0.369 e. The predicted octanol–water partition coefficient (Wildman–Crippen LogP) is 3.06. The van der Waals surface area contributed by atoms with Gasteiger partial charge in [-0.2, -0.15) is 5.10 Å². The molecule has 0 spiro atoms. The molecule has 3 rings (SSSR count). The third-order valence-corrected chi connectivity index (χ3v) is 5.03. The van der Waals surface area contributed by atoms with Crippen LogP contribution in [0.4, 0.5) is 11.4 Å². The van der Waals surface area contributed by atoms with E-state index in [1.807, 2.05) is 19.1 Å². The van der Waals surface area contributed by atoms with E-state index in [2.05, 4.69) is 51.3 Å². The summed E-state index contributed by atoms with van der Waals surface area (Å²) < 4.78 is 0. The van der Waals surface area contributed by atoms with Crippen molar-refractivity contribution >= 4 is 17.3 Å². The summed E-state index contributed by atoms with van der Waals surface area (Å²) in [6.45, 7) is 11.8. The van der Waals surface area contributed by atoms with Gasteiger partial charge in [0.15, 0.2) is 5.69 Å². The van der Waals surface area contributed by atoms with Gasteiger partial charge < -0.3 is 15.1 Å². The lowest BCUT2D eigenvalue weighted by atomic mass is 10.1. The van der Waals surface area contributed by atoms with Gasteiger partial charge in [0.1, 0.15) is 0 Å². The van der Waals surface area contributed by atoms with Crippen molar-refractivity contribution in [3.63, 3.8) is 0 Å². The lowest BCUT2D eigenvalue weighted by Gasteiger charge is -2.35. The Balaban J connectivity index is 1.64. The van der Waals surface area contributed by atoms with E-state index in [1.165, 1.54) is 5.69 Å². The highest BCUT2D eigenvalue weighted by Crippen LogP contribution is 2.24. The second-order valence-electron chi connectivity index (χ2n) is 6.90. The van der Waals surface area contributed by atoms with E-state index in [0.717, 1.165) is 62.5 Å². The molecule has 1 saturated heterocycles. The summed E-state index contributed by atoms with van der Waals surface area (Å²) in [5, 5.41) is 10.0. The van der Waals surface area contributed by atoms with Gasteiger partial charge in [-0.05, 0) is 49.7 Å². The van der Waals surface area contributed by atoms with Crippen LogP contribution in [0.25, 0.3) is 0 Å². The van der Waals surface area contributed by atoms with Crippen molar-refractivity contribution in [1.29, 1.82) is 0 Å². The summed E-state index contributed by atoms with van der Waals surface area (Å²) in [4.78, 5) is 17.3. The molecule has 0 atom stereocenters. The number of H-pyrrole nitrogens is 1. The standard InChI is InChI=1S/C20H29N5O/c1-4-6-16-14-19(23-22-16)20(26)21-18-8-7-17(13-15(18)3)25-11-9-24(5-2)10-12-25/h7-8,13-14H,4-6,9-12H2,1-3H3,(H,21,26)(H,22,23). The zero-order valence-corrected chi connectivity index (χ0v) is 16.0. The third kappa shape index (κ3) is 4.25. The smallest absolute Gasteiger partial charge is 0.276 e. The number of rotatable bonds is 6. The summed E-state index contributed by atoms with van der Waals surface area (Å²) in [6.07, 6.45) is 1.93. The van der Waals surface area contributed by atoms with Crippen LogP contribution in [-0.2, 0) is 6.42 Å². The summed E-state index contributed by atoms with van der Waals surface area (Å²) in [5.41, 5.74) is 4.56. The number of aryl methyl sites for hydroxylation is 2. The van der Waals surface area contributed by atoms with Crippen LogP contribution in [-0.4, -0.2) is 53.7 Å². The van der Waals surface area contributed by atoms with E-state index in [0.29, 0.717) is 5.69 Å². The zero-order chi connectivity index (χ0) is 18.5. The highest BCUT2D eigenvalue weighted by molar-refractivity contribution is 6.03. The first kappa shape index (κ1) is 18.5. The average Bonchev–Trinajstić information content (AvgIpc) is 3.12. The number of nitrogens with one attached hydrogen (secondary N) is 2. The largest absolute Gasteiger partial charge is 0.369 e. The van der Waals surface area contributed by atoms with Gasteiger partial charge >= 0.3 is 0 Å². The van der Waals surface area contributed by atoms with Gasteiger partial charge in [0.2, 0.25) is 0 Å². The molecule has 6 nitrogen and oxygen atoms in total. The van der Waals surface area contributed by atoms with E-state index in [-0.39, 0.29) is 5.91 Å². The number of hydrogen-bond donors (Lipinski definition) is 2. The van der Waals surface area contributed by atoms with Crippen LogP contribution < -0.4 is 10.2 Å². The molecule has 2 N–H and O–H groups in total. The number of carbonyl (C=O) groups excluding carboxylic acids is 1. The SMILES string of the molecule is CCCc1cc(C(=O)Nc2ccc(N3CCN(CC)CC3)cc2C)n[nH]1. The first-order valence-corrected chi connectivity index (χ1v) is 9.54. The van der Waals surface area contributed by atoms with Crippen molar-refractivity contribution in [1.82, 2.24) is 15.1 Å². The molecule has 1 fully saturated rings. The van der Waals surface area contributed by atoms with Gasteiger partial charge in [0, 0.05) is 43.2 Å². The maximum atomic E-state index is 12.4. The number of aromatic nitrogens is 2. The maximum Gasteiger partial charge on any atom is 0.276 e. The summed E-state index contributed by atoms with van der Waals surface area (Å²) in [7, 11) is 0. The molecule has 0 bridgehead atoms. The Morgan fingerprint density at radius 3 is 2.62 bits per heavy atom. The Morgan fingerprint density at radius 2 is 1.96 bits per heavy atom. The van der Waals surface area contributed by atoms with Crippen LogP contribution in [0, 0.1) is 6.92 Å². The lowest BCUT2D eigenvalue weighted by molar-refractivity contribution is 0.102. The number of amides is 1. The van der Waals surface area contributed by atoms with Crippen LogP contribution in [0.5, 0.6) is 0 Å². The molecule has 6 heteroatoms. The number of aromatic amines is 1. The van der Waals surface area contributed by atoms with Crippen molar-refractivity contribution in [3.8, 4) is 0 Å². The first-order chi connectivity index (χ1) is 12.6. The Labute approximate surface area is 155 Å². The number of piperazine rings is 1. The van der Waals surface area contributed by atoms with Crippen LogP contribution in [0.15, 0.2) is 24.3 Å². The highest BCUT2D eigenvalue weighted by atomic mass is 16.1. The molecule has 1 amide bonds. The number of benzene rings is 1. The Morgan fingerprint density at radius 1 is 1.19 bits per heavy atom. The molecule has 2 heterocycles. The predicted molar refractivity (Wildman–Crippen MR) is 106 cm³/mol. The molecule has 26 heavy (non-hydrogen) atoms. The van der Waals surface area contributed by atoms with Crippen molar-refractivity contribution in [2.24, 2.45) is 0 Å². The Hall–Kier alpha value is -2.34. The van der Waals surface area contributed by atoms with Gasteiger partial charge in [0.05, 0.1) is 0 Å². The molecule has 0 aliphatic carbocycles. The van der Waals surface area contributed by atoms with E-state index in [4.69, 9.17) is 0 Å². The number of nitrogens with zero attached hydrogens (tertiary/aromatic N) is 3. The van der Waals surface area contributed by atoms with Gasteiger partial charge in [-0.25, -0.2) is 0 Å². The molecule has 0 unspecified atom stereocenters. The van der Waals surface area contributed by atoms with Crippen LogP contribution in [0.1, 0.15) is 42.0 Å². The van der Waals surface area contributed by atoms with Gasteiger partial charge in [-0.3, -0.25) is 9.89 Å².